The molecule has 26 heavy (non-hydrogen) atoms. The van der Waals surface area contributed by atoms with Crippen LogP contribution < -0.4 is 20.1 Å². The van der Waals surface area contributed by atoms with Crippen molar-refractivity contribution in [3.05, 3.63) is 41.7 Å². The molecule has 0 amide bonds. The minimum absolute atomic E-state index is 0. The third-order valence-electron chi connectivity index (χ3n) is 3.69. The van der Waals surface area contributed by atoms with Crippen molar-refractivity contribution < 1.29 is 9.47 Å². The summed E-state index contributed by atoms with van der Waals surface area (Å²) in [6.07, 6.45) is 3.68. The van der Waals surface area contributed by atoms with Crippen molar-refractivity contribution in [3.63, 3.8) is 0 Å². The van der Waals surface area contributed by atoms with Gasteiger partial charge in [-0.15, -0.1) is 24.0 Å². The Labute approximate surface area is 172 Å². The van der Waals surface area contributed by atoms with Crippen LogP contribution in [0.5, 0.6) is 11.5 Å². The van der Waals surface area contributed by atoms with Gasteiger partial charge in [-0.2, -0.15) is 5.10 Å². The minimum Gasteiger partial charge on any atom is -0.493 e. The van der Waals surface area contributed by atoms with E-state index in [1.54, 1.807) is 20.4 Å². The smallest absolute Gasteiger partial charge is 0.191 e. The molecule has 144 valence electrons. The van der Waals surface area contributed by atoms with Crippen LogP contribution in [0.4, 0.5) is 0 Å². The maximum atomic E-state index is 5.62. The second-order valence-corrected chi connectivity index (χ2v) is 5.46. The van der Waals surface area contributed by atoms with Gasteiger partial charge in [0.05, 0.1) is 26.0 Å². The van der Waals surface area contributed by atoms with Crippen molar-refractivity contribution in [1.82, 2.24) is 20.8 Å². The molecule has 0 atom stereocenters. The number of benzene rings is 1. The van der Waals surface area contributed by atoms with Crippen molar-refractivity contribution in [3.8, 4) is 11.5 Å². The lowest BCUT2D eigenvalue weighted by Crippen LogP contribution is -2.37. The van der Waals surface area contributed by atoms with Crippen LogP contribution in [0.2, 0.25) is 0 Å². The number of aliphatic imine (C=N–C) groups is 1. The van der Waals surface area contributed by atoms with E-state index in [0.29, 0.717) is 13.2 Å². The van der Waals surface area contributed by atoms with Gasteiger partial charge in [-0.05, 0) is 43.5 Å². The fourth-order valence-corrected chi connectivity index (χ4v) is 2.43. The van der Waals surface area contributed by atoms with Crippen LogP contribution in [-0.4, -0.2) is 43.5 Å². The average molecular weight is 473 g/mol. The fourth-order valence-electron chi connectivity index (χ4n) is 2.43. The van der Waals surface area contributed by atoms with E-state index in [0.717, 1.165) is 42.5 Å². The van der Waals surface area contributed by atoms with Gasteiger partial charge >= 0.3 is 0 Å². The van der Waals surface area contributed by atoms with Crippen LogP contribution in [-0.2, 0) is 13.0 Å². The number of aromatic amines is 1. The number of aromatic nitrogens is 2. The summed E-state index contributed by atoms with van der Waals surface area (Å²) in [7, 11) is 3.42. The van der Waals surface area contributed by atoms with Crippen LogP contribution in [0.1, 0.15) is 24.6 Å². The second-order valence-electron chi connectivity index (χ2n) is 5.46. The standard InChI is InChI=1S/C18H27N5O2.HI/c1-4-25-17-12-14(7-8-16(17)24-3)6-5-10-20-18(19-2)21-13-15-9-11-22-23-15;/h7-9,11-12H,4-6,10,13H2,1-3H3,(H,22,23)(H2,19,20,21);1H. The zero-order chi connectivity index (χ0) is 17.9. The first kappa shape index (κ1) is 22.1. The van der Waals surface area contributed by atoms with E-state index in [-0.39, 0.29) is 24.0 Å². The zero-order valence-electron chi connectivity index (χ0n) is 15.5. The summed E-state index contributed by atoms with van der Waals surface area (Å²) in [5.74, 6) is 2.35. The largest absolute Gasteiger partial charge is 0.493 e. The van der Waals surface area contributed by atoms with E-state index in [1.165, 1.54) is 5.56 Å². The summed E-state index contributed by atoms with van der Waals surface area (Å²) in [4.78, 5) is 4.22. The Kier molecular flexibility index (Phi) is 10.5. The third-order valence-corrected chi connectivity index (χ3v) is 3.69. The molecule has 0 fully saturated rings. The Morgan fingerprint density at radius 2 is 2.08 bits per heavy atom. The Hall–Kier alpha value is -1.97. The van der Waals surface area contributed by atoms with Gasteiger partial charge in [0.25, 0.3) is 0 Å². The number of guanidine groups is 1. The van der Waals surface area contributed by atoms with Gasteiger partial charge in [-0.25, -0.2) is 0 Å². The molecule has 2 rings (SSSR count). The number of halogens is 1. The van der Waals surface area contributed by atoms with Crippen molar-refractivity contribution in [2.45, 2.75) is 26.3 Å². The number of nitrogens with one attached hydrogen (secondary N) is 3. The molecule has 1 heterocycles. The molecule has 0 radical (unpaired) electrons. The molecule has 2 aromatic rings. The predicted molar refractivity (Wildman–Crippen MR) is 115 cm³/mol. The molecular weight excluding hydrogens is 445 g/mol. The topological polar surface area (TPSA) is 83.6 Å². The van der Waals surface area contributed by atoms with Gasteiger partial charge in [0.2, 0.25) is 0 Å². The molecule has 0 saturated carbocycles. The first-order chi connectivity index (χ1) is 12.3. The lowest BCUT2D eigenvalue weighted by atomic mass is 10.1. The molecule has 0 saturated heterocycles. The van der Waals surface area contributed by atoms with E-state index in [1.807, 2.05) is 25.1 Å². The molecule has 8 heteroatoms. The second kappa shape index (κ2) is 12.4. The summed E-state index contributed by atoms with van der Waals surface area (Å²) >= 11 is 0. The number of hydrogen-bond donors (Lipinski definition) is 3. The lowest BCUT2D eigenvalue weighted by Gasteiger charge is -2.12. The summed E-state index contributed by atoms with van der Waals surface area (Å²) in [6, 6.07) is 8.01. The maximum absolute atomic E-state index is 5.62. The Bertz CT molecular complexity index is 662. The number of H-pyrrole nitrogens is 1. The number of ether oxygens (including phenoxy) is 2. The fraction of sp³-hybridized carbons (Fsp3) is 0.444. The van der Waals surface area contributed by atoms with Crippen LogP contribution in [0.25, 0.3) is 0 Å². The lowest BCUT2D eigenvalue weighted by molar-refractivity contribution is 0.310. The average Bonchev–Trinajstić information content (AvgIpc) is 3.15. The summed E-state index contributed by atoms with van der Waals surface area (Å²) in [5.41, 5.74) is 2.25. The van der Waals surface area contributed by atoms with Crippen LogP contribution in [0.3, 0.4) is 0 Å². The molecule has 1 aromatic carbocycles. The maximum Gasteiger partial charge on any atom is 0.191 e. The number of nitrogens with zero attached hydrogens (tertiary/aromatic N) is 2. The van der Waals surface area contributed by atoms with Crippen molar-refractivity contribution in [1.29, 1.82) is 0 Å². The third kappa shape index (κ3) is 7.11. The van der Waals surface area contributed by atoms with E-state index < -0.39 is 0 Å². The highest BCUT2D eigenvalue weighted by Gasteiger charge is 2.05. The minimum atomic E-state index is 0. The molecule has 0 spiro atoms. The molecule has 0 aliphatic rings. The van der Waals surface area contributed by atoms with Gasteiger partial charge in [0.15, 0.2) is 17.5 Å². The normalized spacial score (nSPS) is 10.8. The molecule has 0 bridgehead atoms. The first-order valence-electron chi connectivity index (χ1n) is 8.49. The molecule has 3 N–H and O–H groups in total. The number of hydrogen-bond acceptors (Lipinski definition) is 4. The number of rotatable bonds is 9. The molecular formula is C18H28IN5O2. The first-order valence-corrected chi connectivity index (χ1v) is 8.49. The highest BCUT2D eigenvalue weighted by atomic mass is 127. The highest BCUT2D eigenvalue weighted by Crippen LogP contribution is 2.28. The quantitative estimate of drug-likeness (QED) is 0.226. The van der Waals surface area contributed by atoms with Crippen molar-refractivity contribution >= 4 is 29.9 Å². The Morgan fingerprint density at radius 3 is 2.73 bits per heavy atom. The van der Waals surface area contributed by atoms with Gasteiger partial charge in [0, 0.05) is 19.8 Å². The van der Waals surface area contributed by atoms with E-state index in [2.05, 4.69) is 31.9 Å². The molecule has 0 aliphatic heterocycles. The summed E-state index contributed by atoms with van der Waals surface area (Å²) in [5, 5.41) is 13.4. The molecule has 7 nitrogen and oxygen atoms in total. The van der Waals surface area contributed by atoms with Crippen LogP contribution in [0.15, 0.2) is 35.5 Å². The Morgan fingerprint density at radius 1 is 1.23 bits per heavy atom. The van der Waals surface area contributed by atoms with Crippen LogP contribution in [0, 0.1) is 0 Å². The zero-order valence-corrected chi connectivity index (χ0v) is 17.9. The number of aryl methyl sites for hydroxylation is 1. The van der Waals surface area contributed by atoms with E-state index in [9.17, 15) is 0 Å². The predicted octanol–water partition coefficient (Wildman–Crippen LogP) is 2.73. The van der Waals surface area contributed by atoms with Gasteiger partial charge in [-0.3, -0.25) is 10.1 Å². The summed E-state index contributed by atoms with van der Waals surface area (Å²) < 4.78 is 10.9. The van der Waals surface area contributed by atoms with E-state index in [4.69, 9.17) is 9.47 Å². The number of methoxy groups -OCH3 is 1. The molecule has 1 aromatic heterocycles. The van der Waals surface area contributed by atoms with E-state index >= 15 is 0 Å². The van der Waals surface area contributed by atoms with Gasteiger partial charge < -0.3 is 20.1 Å². The van der Waals surface area contributed by atoms with Gasteiger partial charge in [0.1, 0.15) is 0 Å². The molecule has 0 aliphatic carbocycles. The monoisotopic (exact) mass is 473 g/mol. The Balaban J connectivity index is 0.00000338. The van der Waals surface area contributed by atoms with Crippen LogP contribution >= 0.6 is 24.0 Å². The molecule has 0 unspecified atom stereocenters. The van der Waals surface area contributed by atoms with Crippen molar-refractivity contribution in [2.24, 2.45) is 4.99 Å². The summed E-state index contributed by atoms with van der Waals surface area (Å²) in [6.45, 7) is 4.09. The SMILES string of the molecule is CCOc1cc(CCCNC(=NC)NCc2ccn[nH]2)ccc1OC.I. The highest BCUT2D eigenvalue weighted by molar-refractivity contribution is 14.0. The van der Waals surface area contributed by atoms with Crippen molar-refractivity contribution in [2.75, 3.05) is 27.3 Å². The van der Waals surface area contributed by atoms with Gasteiger partial charge in [-0.1, -0.05) is 6.07 Å².